The van der Waals surface area contributed by atoms with Crippen LogP contribution in [-0.4, -0.2) is 28.0 Å². The van der Waals surface area contributed by atoms with Crippen molar-refractivity contribution in [3.63, 3.8) is 0 Å². The number of hydrogen-bond donors (Lipinski definition) is 0. The number of aryl methyl sites for hydroxylation is 1. The summed E-state index contributed by atoms with van der Waals surface area (Å²) in [7, 11) is -2.62. The maximum Gasteiger partial charge on any atom is 0.278 e. The van der Waals surface area contributed by atoms with Gasteiger partial charge in [-0.15, -0.1) is 0 Å². The number of anilines is 1. The molecule has 0 aromatic heterocycles. The maximum absolute atomic E-state index is 13.2. The number of hydrogen-bond acceptors (Lipinski definition) is 5. The molecule has 0 saturated carbocycles. The Morgan fingerprint density at radius 3 is 2.14 bits per heavy atom. The van der Waals surface area contributed by atoms with Crippen LogP contribution in [0, 0.1) is 6.92 Å². The van der Waals surface area contributed by atoms with Crippen LogP contribution in [-0.2, 0) is 14.8 Å². The summed E-state index contributed by atoms with van der Waals surface area (Å²) >= 11 is 0. The zero-order chi connectivity index (χ0) is 20.9. The second-order valence-electron chi connectivity index (χ2n) is 6.23. The van der Waals surface area contributed by atoms with Crippen molar-refractivity contribution in [1.29, 1.82) is 0 Å². The molecule has 3 rings (SSSR count). The Morgan fingerprint density at radius 1 is 0.897 bits per heavy atom. The minimum Gasteiger partial charge on any atom is -0.497 e. The summed E-state index contributed by atoms with van der Waals surface area (Å²) in [6.45, 7) is 1.42. The highest BCUT2D eigenvalue weighted by Crippen LogP contribution is 2.26. The van der Waals surface area contributed by atoms with Gasteiger partial charge in [0.2, 0.25) is 0 Å². The molecule has 0 atom stereocenters. The van der Waals surface area contributed by atoms with Crippen molar-refractivity contribution in [1.82, 2.24) is 0 Å². The highest BCUT2D eigenvalue weighted by molar-refractivity contribution is 7.93. The molecule has 0 unspecified atom stereocenters. The number of carbonyl (C=O) groups is 1. The Balaban J connectivity index is 1.95. The van der Waals surface area contributed by atoms with Gasteiger partial charge in [0.1, 0.15) is 11.5 Å². The molecule has 0 aliphatic carbocycles. The minimum absolute atomic E-state index is 0.0139. The van der Waals surface area contributed by atoms with Crippen molar-refractivity contribution in [2.75, 3.05) is 18.0 Å². The van der Waals surface area contributed by atoms with Crippen molar-refractivity contribution in [3.05, 3.63) is 84.4 Å². The van der Waals surface area contributed by atoms with Gasteiger partial charge in [0, 0.05) is 0 Å². The van der Waals surface area contributed by atoms with Crippen LogP contribution < -0.4 is 13.8 Å². The molecular weight excluding hydrogens is 390 g/mol. The fraction of sp³-hybridized carbons (Fsp3) is 0.136. The van der Waals surface area contributed by atoms with Crippen LogP contribution in [0.3, 0.4) is 0 Å². The smallest absolute Gasteiger partial charge is 0.278 e. The number of benzene rings is 3. The first-order chi connectivity index (χ1) is 13.9. The van der Waals surface area contributed by atoms with Crippen LogP contribution in [0.25, 0.3) is 0 Å². The van der Waals surface area contributed by atoms with Crippen molar-refractivity contribution in [2.24, 2.45) is 0 Å². The molecule has 150 valence electrons. The average molecular weight is 411 g/mol. The van der Waals surface area contributed by atoms with Gasteiger partial charge >= 0.3 is 0 Å². The summed E-state index contributed by atoms with van der Waals surface area (Å²) in [6, 6.07) is 21.3. The quantitative estimate of drug-likeness (QED) is 0.591. The summed E-state index contributed by atoms with van der Waals surface area (Å²) in [6.07, 6.45) is 0. The van der Waals surface area contributed by atoms with E-state index in [1.807, 2.05) is 19.1 Å². The van der Waals surface area contributed by atoms with E-state index in [-0.39, 0.29) is 10.6 Å². The molecule has 0 heterocycles. The zero-order valence-corrected chi connectivity index (χ0v) is 16.9. The summed E-state index contributed by atoms with van der Waals surface area (Å²) in [5, 5.41) is 0. The summed E-state index contributed by atoms with van der Waals surface area (Å²) < 4.78 is 37.9. The molecule has 0 aliphatic heterocycles. The molecule has 0 N–H and O–H groups in total. The highest BCUT2D eigenvalue weighted by atomic mass is 32.2. The highest BCUT2D eigenvalue weighted by Gasteiger charge is 2.31. The number of carbonyl (C=O) groups excluding carboxylic acids is 1. The van der Waals surface area contributed by atoms with Gasteiger partial charge in [-0.3, -0.25) is 4.79 Å². The molecule has 6 nitrogen and oxygen atoms in total. The third-order valence-corrected chi connectivity index (χ3v) is 6.02. The lowest BCUT2D eigenvalue weighted by Crippen LogP contribution is -2.40. The Morgan fingerprint density at radius 2 is 1.52 bits per heavy atom. The molecule has 3 aromatic rings. The van der Waals surface area contributed by atoms with Crippen molar-refractivity contribution < 1.29 is 22.7 Å². The summed E-state index contributed by atoms with van der Waals surface area (Å²) in [4.78, 5) is 13.0. The van der Waals surface area contributed by atoms with Crippen LogP contribution in [0.5, 0.6) is 11.5 Å². The molecule has 3 aromatic carbocycles. The molecule has 29 heavy (non-hydrogen) atoms. The van der Waals surface area contributed by atoms with Crippen LogP contribution in [0.15, 0.2) is 83.8 Å². The summed E-state index contributed by atoms with van der Waals surface area (Å²) in [5.41, 5.74) is 1.05. The first kappa shape index (κ1) is 20.4. The molecule has 1 amide bonds. The SMILES string of the molecule is COc1ccc(N(C(=O)COc2ccccc2C)S(=O)(=O)c2ccccc2)cc1. The predicted molar refractivity (Wildman–Crippen MR) is 111 cm³/mol. The second kappa shape index (κ2) is 8.79. The third kappa shape index (κ3) is 4.57. The van der Waals surface area contributed by atoms with Gasteiger partial charge < -0.3 is 9.47 Å². The first-order valence-electron chi connectivity index (χ1n) is 8.89. The van der Waals surface area contributed by atoms with Gasteiger partial charge in [0.15, 0.2) is 6.61 Å². The minimum atomic E-state index is -4.12. The van der Waals surface area contributed by atoms with E-state index < -0.39 is 22.5 Å². The van der Waals surface area contributed by atoms with Gasteiger partial charge in [-0.05, 0) is 55.0 Å². The third-order valence-electron chi connectivity index (χ3n) is 4.26. The van der Waals surface area contributed by atoms with E-state index in [0.717, 1.165) is 9.87 Å². The molecule has 0 bridgehead atoms. The van der Waals surface area contributed by atoms with Crippen LogP contribution >= 0.6 is 0 Å². The van der Waals surface area contributed by atoms with Crippen LogP contribution in [0.4, 0.5) is 5.69 Å². The molecule has 0 spiro atoms. The monoisotopic (exact) mass is 411 g/mol. The Kier molecular flexibility index (Phi) is 6.19. The van der Waals surface area contributed by atoms with Gasteiger partial charge in [0.25, 0.3) is 15.9 Å². The Bertz CT molecular complexity index is 1080. The van der Waals surface area contributed by atoms with E-state index >= 15 is 0 Å². The fourth-order valence-corrected chi connectivity index (χ4v) is 4.18. The van der Waals surface area contributed by atoms with Gasteiger partial charge in [-0.2, -0.15) is 4.31 Å². The molecule has 7 heteroatoms. The lowest BCUT2D eigenvalue weighted by atomic mass is 10.2. The van der Waals surface area contributed by atoms with Crippen molar-refractivity contribution >= 4 is 21.6 Å². The number of methoxy groups -OCH3 is 1. The van der Waals surface area contributed by atoms with E-state index in [4.69, 9.17) is 9.47 Å². The number of amides is 1. The van der Waals surface area contributed by atoms with Crippen molar-refractivity contribution in [2.45, 2.75) is 11.8 Å². The molecule has 0 fully saturated rings. The van der Waals surface area contributed by atoms with Gasteiger partial charge in [-0.1, -0.05) is 36.4 Å². The number of sulfonamides is 1. The largest absolute Gasteiger partial charge is 0.497 e. The molecule has 0 saturated heterocycles. The average Bonchev–Trinajstić information content (AvgIpc) is 2.74. The van der Waals surface area contributed by atoms with Gasteiger partial charge in [0.05, 0.1) is 17.7 Å². The zero-order valence-electron chi connectivity index (χ0n) is 16.1. The molecule has 0 aliphatic rings. The van der Waals surface area contributed by atoms with Crippen molar-refractivity contribution in [3.8, 4) is 11.5 Å². The second-order valence-corrected chi connectivity index (χ2v) is 8.02. The normalized spacial score (nSPS) is 11.0. The topological polar surface area (TPSA) is 72.9 Å². The fourth-order valence-electron chi connectivity index (χ4n) is 2.75. The maximum atomic E-state index is 13.2. The predicted octanol–water partition coefficient (Wildman–Crippen LogP) is 3.80. The van der Waals surface area contributed by atoms with Crippen LogP contribution in [0.1, 0.15) is 5.56 Å². The standard InChI is InChI=1S/C22H21NO5S/c1-17-8-6-7-11-21(17)28-16-22(24)23(18-12-14-19(27-2)15-13-18)29(25,26)20-9-4-3-5-10-20/h3-15H,16H2,1-2H3. The number of rotatable bonds is 7. The lowest BCUT2D eigenvalue weighted by Gasteiger charge is -2.23. The summed E-state index contributed by atoms with van der Waals surface area (Å²) in [5.74, 6) is 0.365. The molecule has 0 radical (unpaired) electrons. The first-order valence-corrected chi connectivity index (χ1v) is 10.3. The number of nitrogens with zero attached hydrogens (tertiary/aromatic N) is 1. The van der Waals surface area contributed by atoms with E-state index in [0.29, 0.717) is 11.5 Å². The molecular formula is C22H21NO5S. The van der Waals surface area contributed by atoms with Crippen LogP contribution in [0.2, 0.25) is 0 Å². The lowest BCUT2D eigenvalue weighted by molar-refractivity contribution is -0.119. The van der Waals surface area contributed by atoms with Gasteiger partial charge in [-0.25, -0.2) is 8.42 Å². The van der Waals surface area contributed by atoms with E-state index in [1.165, 1.54) is 31.4 Å². The number of ether oxygens (including phenoxy) is 2. The van der Waals surface area contributed by atoms with E-state index in [2.05, 4.69) is 0 Å². The Labute approximate surface area is 170 Å². The van der Waals surface area contributed by atoms with E-state index in [9.17, 15) is 13.2 Å². The Hall–Kier alpha value is -3.32. The van der Waals surface area contributed by atoms with E-state index in [1.54, 1.807) is 42.5 Å². The number of para-hydroxylation sites is 1.